The van der Waals surface area contributed by atoms with Gasteiger partial charge in [0.2, 0.25) is 11.7 Å². The van der Waals surface area contributed by atoms with Gasteiger partial charge in [0.05, 0.1) is 19.1 Å². The molecule has 0 aliphatic heterocycles. The number of methoxy groups -OCH3 is 2. The molecule has 0 spiro atoms. The molecule has 0 aliphatic carbocycles. The van der Waals surface area contributed by atoms with Crippen molar-refractivity contribution in [3.05, 3.63) is 94.0 Å². The number of benzene rings is 3. The summed E-state index contributed by atoms with van der Waals surface area (Å²) in [6.45, 7) is 4.20. The minimum absolute atomic E-state index is 0.0122. The number of hydrogen-bond donors (Lipinski definition) is 1. The fourth-order valence-electron chi connectivity index (χ4n) is 4.07. The molecule has 0 saturated heterocycles. The zero-order valence-electron chi connectivity index (χ0n) is 23.2. The Balaban J connectivity index is 1.92. The summed E-state index contributed by atoms with van der Waals surface area (Å²) in [5, 5.41) is 14.2. The van der Waals surface area contributed by atoms with Crippen LogP contribution in [0.1, 0.15) is 25.0 Å². The van der Waals surface area contributed by atoms with Crippen LogP contribution in [0.3, 0.4) is 0 Å². The second kappa shape index (κ2) is 14.5. The molecule has 0 fully saturated rings. The van der Waals surface area contributed by atoms with Gasteiger partial charge in [-0.25, -0.2) is 0 Å². The van der Waals surface area contributed by atoms with Crippen molar-refractivity contribution in [3.8, 4) is 17.2 Å². The fraction of sp³-hybridized carbons (Fsp3) is 0.333. The van der Waals surface area contributed by atoms with Gasteiger partial charge < -0.3 is 24.4 Å². The summed E-state index contributed by atoms with van der Waals surface area (Å²) >= 11 is 0. The van der Waals surface area contributed by atoms with E-state index in [0.29, 0.717) is 18.7 Å². The van der Waals surface area contributed by atoms with Crippen LogP contribution in [0.25, 0.3) is 0 Å². The maximum Gasteiger partial charge on any atom is 0.311 e. The standard InChI is InChI=1S/C30H35N3O7/c1-21(2)18-31-30(35)27(16-22-9-6-5-7-10-22)32(19-23-11-8-12-24(15-23)38-3)29(34)20-40-25-13-14-26(33(36)37)28(17-25)39-4/h5-15,17,21,27H,16,18-20H2,1-4H3,(H,31,35)/t27-/m0/s1. The van der Waals surface area contributed by atoms with Gasteiger partial charge in [0.1, 0.15) is 17.5 Å². The molecule has 0 heterocycles. The first-order valence-corrected chi connectivity index (χ1v) is 12.9. The smallest absolute Gasteiger partial charge is 0.311 e. The Bertz CT molecular complexity index is 1300. The van der Waals surface area contributed by atoms with E-state index >= 15 is 0 Å². The van der Waals surface area contributed by atoms with E-state index in [9.17, 15) is 19.7 Å². The quantitative estimate of drug-likeness (QED) is 0.234. The molecule has 3 rings (SSSR count). The largest absolute Gasteiger partial charge is 0.497 e. The van der Waals surface area contributed by atoms with Gasteiger partial charge in [0, 0.05) is 31.6 Å². The van der Waals surface area contributed by atoms with Crippen molar-refractivity contribution < 1.29 is 28.7 Å². The first-order chi connectivity index (χ1) is 19.2. The Morgan fingerprint density at radius 2 is 1.65 bits per heavy atom. The van der Waals surface area contributed by atoms with E-state index in [1.54, 1.807) is 13.2 Å². The zero-order chi connectivity index (χ0) is 29.1. The van der Waals surface area contributed by atoms with Gasteiger partial charge in [-0.1, -0.05) is 56.3 Å². The number of nitro benzene ring substituents is 1. The third-order valence-electron chi connectivity index (χ3n) is 6.15. The maximum absolute atomic E-state index is 13.7. The molecule has 10 heteroatoms. The number of ether oxygens (including phenoxy) is 3. The minimum atomic E-state index is -0.824. The number of nitrogens with zero attached hydrogens (tertiary/aromatic N) is 2. The van der Waals surface area contributed by atoms with E-state index in [1.807, 2.05) is 62.4 Å². The van der Waals surface area contributed by atoms with Gasteiger partial charge in [-0.15, -0.1) is 0 Å². The Kier molecular flexibility index (Phi) is 10.9. The molecule has 1 atom stereocenters. The molecule has 1 N–H and O–H groups in total. The summed E-state index contributed by atoms with van der Waals surface area (Å²) in [5.41, 5.74) is 1.46. The topological polar surface area (TPSA) is 120 Å². The van der Waals surface area contributed by atoms with Crippen LogP contribution in [-0.4, -0.2) is 55.1 Å². The second-order valence-corrected chi connectivity index (χ2v) is 9.60. The van der Waals surface area contributed by atoms with Crippen molar-refractivity contribution in [2.24, 2.45) is 5.92 Å². The van der Waals surface area contributed by atoms with Crippen LogP contribution < -0.4 is 19.5 Å². The lowest BCUT2D eigenvalue weighted by Crippen LogP contribution is -2.52. The molecule has 2 amide bonds. The lowest BCUT2D eigenvalue weighted by molar-refractivity contribution is -0.385. The van der Waals surface area contributed by atoms with Gasteiger partial charge in [0.25, 0.3) is 5.91 Å². The summed E-state index contributed by atoms with van der Waals surface area (Å²) in [6.07, 6.45) is 0.297. The summed E-state index contributed by atoms with van der Waals surface area (Å²) < 4.78 is 16.2. The highest BCUT2D eigenvalue weighted by molar-refractivity contribution is 5.88. The molecule has 0 aliphatic rings. The van der Waals surface area contributed by atoms with Crippen LogP contribution in [0.4, 0.5) is 5.69 Å². The molecule has 0 radical (unpaired) electrons. The van der Waals surface area contributed by atoms with Crippen LogP contribution in [-0.2, 0) is 22.6 Å². The van der Waals surface area contributed by atoms with Gasteiger partial charge in [-0.2, -0.15) is 0 Å². The number of nitro groups is 1. The Labute approximate surface area is 234 Å². The molecule has 0 aromatic heterocycles. The number of amides is 2. The van der Waals surface area contributed by atoms with Crippen LogP contribution in [0.5, 0.6) is 17.2 Å². The summed E-state index contributed by atoms with van der Waals surface area (Å²) in [5.74, 6) is 0.387. The Morgan fingerprint density at radius 1 is 0.925 bits per heavy atom. The average molecular weight is 550 g/mol. The lowest BCUT2D eigenvalue weighted by atomic mass is 10.0. The second-order valence-electron chi connectivity index (χ2n) is 9.60. The maximum atomic E-state index is 13.7. The molecule has 3 aromatic carbocycles. The Morgan fingerprint density at radius 3 is 2.30 bits per heavy atom. The van der Waals surface area contributed by atoms with Gasteiger partial charge in [0.15, 0.2) is 6.61 Å². The van der Waals surface area contributed by atoms with E-state index in [0.717, 1.165) is 11.1 Å². The predicted octanol–water partition coefficient (Wildman–Crippen LogP) is 4.40. The molecule has 0 saturated carbocycles. The van der Waals surface area contributed by atoms with Gasteiger partial charge >= 0.3 is 5.69 Å². The van der Waals surface area contributed by atoms with Crippen molar-refractivity contribution in [1.29, 1.82) is 0 Å². The summed E-state index contributed by atoms with van der Waals surface area (Å²) in [6, 6.07) is 20.0. The van der Waals surface area contributed by atoms with E-state index in [2.05, 4.69) is 5.32 Å². The van der Waals surface area contributed by atoms with Crippen LogP contribution in [0, 0.1) is 16.0 Å². The van der Waals surface area contributed by atoms with E-state index < -0.39 is 23.5 Å². The van der Waals surface area contributed by atoms with Gasteiger partial charge in [-0.05, 0) is 35.2 Å². The highest BCUT2D eigenvalue weighted by Crippen LogP contribution is 2.31. The van der Waals surface area contributed by atoms with Crippen molar-refractivity contribution in [2.45, 2.75) is 32.9 Å². The van der Waals surface area contributed by atoms with Crippen molar-refractivity contribution >= 4 is 17.5 Å². The van der Waals surface area contributed by atoms with Crippen molar-refractivity contribution in [2.75, 3.05) is 27.4 Å². The average Bonchev–Trinajstić information content (AvgIpc) is 2.96. The molecule has 40 heavy (non-hydrogen) atoms. The van der Waals surface area contributed by atoms with Crippen molar-refractivity contribution in [3.63, 3.8) is 0 Å². The predicted molar refractivity (Wildman–Crippen MR) is 150 cm³/mol. The SMILES string of the molecule is COc1cccc(CN(C(=O)COc2ccc([N+](=O)[O-])c(OC)c2)[C@@H](Cc2ccccc2)C(=O)NCC(C)C)c1. The fourth-order valence-corrected chi connectivity index (χ4v) is 4.07. The number of rotatable bonds is 14. The molecule has 10 nitrogen and oxygen atoms in total. The number of hydrogen-bond acceptors (Lipinski definition) is 7. The zero-order valence-corrected chi connectivity index (χ0v) is 23.2. The molecule has 212 valence electrons. The van der Waals surface area contributed by atoms with Gasteiger partial charge in [-0.3, -0.25) is 19.7 Å². The highest BCUT2D eigenvalue weighted by atomic mass is 16.6. The van der Waals surface area contributed by atoms with Crippen molar-refractivity contribution in [1.82, 2.24) is 10.2 Å². The first kappa shape index (κ1) is 29.9. The third-order valence-corrected chi connectivity index (χ3v) is 6.15. The van der Waals surface area contributed by atoms with E-state index in [4.69, 9.17) is 14.2 Å². The Hall–Kier alpha value is -4.60. The number of carbonyl (C=O) groups excluding carboxylic acids is 2. The highest BCUT2D eigenvalue weighted by Gasteiger charge is 2.31. The van der Waals surface area contributed by atoms with E-state index in [1.165, 1.54) is 30.2 Å². The normalized spacial score (nSPS) is 11.4. The monoisotopic (exact) mass is 549 g/mol. The van der Waals surface area contributed by atoms with Crippen LogP contribution in [0.15, 0.2) is 72.8 Å². The summed E-state index contributed by atoms with van der Waals surface area (Å²) in [4.78, 5) is 39.4. The molecule has 0 unspecified atom stereocenters. The lowest BCUT2D eigenvalue weighted by Gasteiger charge is -2.31. The molecular formula is C30H35N3O7. The molecule has 3 aromatic rings. The number of carbonyl (C=O) groups is 2. The van der Waals surface area contributed by atoms with Crippen LogP contribution in [0.2, 0.25) is 0 Å². The molecular weight excluding hydrogens is 514 g/mol. The minimum Gasteiger partial charge on any atom is -0.497 e. The van der Waals surface area contributed by atoms with E-state index in [-0.39, 0.29) is 35.6 Å². The van der Waals surface area contributed by atoms with Crippen LogP contribution >= 0.6 is 0 Å². The number of nitrogens with one attached hydrogen (secondary N) is 1. The summed E-state index contributed by atoms with van der Waals surface area (Å²) in [7, 11) is 2.88. The third kappa shape index (κ3) is 8.45. The molecule has 0 bridgehead atoms. The first-order valence-electron chi connectivity index (χ1n) is 12.9.